The molecule has 0 aliphatic rings. The molecule has 6 heteroatoms. The van der Waals surface area contributed by atoms with Crippen LogP contribution in [0.25, 0.3) is 0 Å². The second-order valence-corrected chi connectivity index (χ2v) is 3.76. The zero-order valence-electron chi connectivity index (χ0n) is 9.33. The van der Waals surface area contributed by atoms with E-state index in [0.717, 1.165) is 5.56 Å². The standard InChI is InChI=1S/C11H12F3N3/c1-17(5-3-11(12,13)14)8-9-2-4-16-10(6-9)7-15/h2,4,6H,3,5,8H2,1H3. The van der Waals surface area contributed by atoms with Gasteiger partial charge >= 0.3 is 6.18 Å². The number of halogens is 3. The third kappa shape index (κ3) is 5.31. The van der Waals surface area contributed by atoms with E-state index >= 15 is 0 Å². The molecule has 0 spiro atoms. The summed E-state index contributed by atoms with van der Waals surface area (Å²) in [6.45, 7) is 0.307. The van der Waals surface area contributed by atoms with E-state index in [9.17, 15) is 13.2 Å². The summed E-state index contributed by atoms with van der Waals surface area (Å²) in [5.41, 5.74) is 1.05. The van der Waals surface area contributed by atoms with E-state index in [1.807, 2.05) is 6.07 Å². The summed E-state index contributed by atoms with van der Waals surface area (Å²) in [5.74, 6) is 0. The number of nitrogens with zero attached hydrogens (tertiary/aromatic N) is 3. The highest BCUT2D eigenvalue weighted by molar-refractivity contribution is 5.25. The maximum Gasteiger partial charge on any atom is 0.390 e. The predicted molar refractivity (Wildman–Crippen MR) is 56.0 cm³/mol. The third-order valence-corrected chi connectivity index (χ3v) is 2.17. The molecular weight excluding hydrogens is 231 g/mol. The Morgan fingerprint density at radius 2 is 2.18 bits per heavy atom. The molecule has 0 aliphatic heterocycles. The normalized spacial score (nSPS) is 11.5. The molecule has 17 heavy (non-hydrogen) atoms. The minimum absolute atomic E-state index is 0.0618. The lowest BCUT2D eigenvalue weighted by Crippen LogP contribution is -2.24. The van der Waals surface area contributed by atoms with Crippen molar-refractivity contribution in [1.82, 2.24) is 9.88 Å². The summed E-state index contributed by atoms with van der Waals surface area (Å²) in [6.07, 6.45) is -3.49. The van der Waals surface area contributed by atoms with Crippen LogP contribution in [-0.2, 0) is 6.54 Å². The number of alkyl halides is 3. The maximum absolute atomic E-state index is 12.0. The molecule has 1 aromatic rings. The van der Waals surface area contributed by atoms with Crippen LogP contribution in [0.1, 0.15) is 17.7 Å². The molecular formula is C11H12F3N3. The molecule has 0 fully saturated rings. The smallest absolute Gasteiger partial charge is 0.302 e. The Bertz CT molecular complexity index is 409. The molecule has 1 rings (SSSR count). The summed E-state index contributed by atoms with van der Waals surface area (Å²) in [7, 11) is 1.61. The quantitative estimate of drug-likeness (QED) is 0.814. The second kappa shape index (κ2) is 5.64. The number of nitriles is 1. The molecule has 0 bridgehead atoms. The van der Waals surface area contributed by atoms with E-state index in [2.05, 4.69) is 4.98 Å². The Morgan fingerprint density at radius 1 is 1.47 bits per heavy atom. The number of hydrogen-bond donors (Lipinski definition) is 0. The SMILES string of the molecule is CN(CCC(F)(F)F)Cc1ccnc(C#N)c1. The third-order valence-electron chi connectivity index (χ3n) is 2.17. The van der Waals surface area contributed by atoms with Crippen molar-refractivity contribution in [1.29, 1.82) is 5.26 Å². The lowest BCUT2D eigenvalue weighted by atomic mass is 10.2. The molecule has 0 radical (unpaired) electrons. The first-order valence-electron chi connectivity index (χ1n) is 5.01. The van der Waals surface area contributed by atoms with Crippen LogP contribution in [0.2, 0.25) is 0 Å². The number of hydrogen-bond acceptors (Lipinski definition) is 3. The first-order valence-corrected chi connectivity index (χ1v) is 5.01. The van der Waals surface area contributed by atoms with E-state index in [1.54, 1.807) is 24.1 Å². The van der Waals surface area contributed by atoms with E-state index in [1.165, 1.54) is 6.20 Å². The average Bonchev–Trinajstić information content (AvgIpc) is 2.26. The summed E-state index contributed by atoms with van der Waals surface area (Å²) in [5, 5.41) is 8.63. The van der Waals surface area contributed by atoms with Crippen LogP contribution in [0.5, 0.6) is 0 Å². The van der Waals surface area contributed by atoms with Crippen molar-refractivity contribution in [3.05, 3.63) is 29.6 Å². The number of rotatable bonds is 4. The highest BCUT2D eigenvalue weighted by atomic mass is 19.4. The zero-order chi connectivity index (χ0) is 12.9. The van der Waals surface area contributed by atoms with E-state index in [4.69, 9.17) is 5.26 Å². The number of pyridine rings is 1. The minimum Gasteiger partial charge on any atom is -0.302 e. The van der Waals surface area contributed by atoms with Gasteiger partial charge in [0.1, 0.15) is 11.8 Å². The van der Waals surface area contributed by atoms with Gasteiger partial charge in [0.15, 0.2) is 0 Å². The molecule has 1 aromatic heterocycles. The van der Waals surface area contributed by atoms with Crippen molar-refractivity contribution in [3.63, 3.8) is 0 Å². The molecule has 0 N–H and O–H groups in total. The van der Waals surface area contributed by atoms with Gasteiger partial charge in [-0.05, 0) is 24.7 Å². The van der Waals surface area contributed by atoms with Gasteiger partial charge < -0.3 is 4.90 Å². The topological polar surface area (TPSA) is 39.9 Å². The van der Waals surface area contributed by atoms with Crippen LogP contribution in [-0.4, -0.2) is 29.7 Å². The fourth-order valence-electron chi connectivity index (χ4n) is 1.34. The lowest BCUT2D eigenvalue weighted by molar-refractivity contribution is -0.137. The fraction of sp³-hybridized carbons (Fsp3) is 0.455. The second-order valence-electron chi connectivity index (χ2n) is 3.76. The van der Waals surface area contributed by atoms with Crippen LogP contribution in [0.15, 0.2) is 18.3 Å². The molecule has 1 heterocycles. The first kappa shape index (κ1) is 13.5. The summed E-state index contributed by atoms with van der Waals surface area (Å²) in [6, 6.07) is 5.15. The van der Waals surface area contributed by atoms with Gasteiger partial charge in [-0.1, -0.05) is 0 Å². The van der Waals surface area contributed by atoms with Crippen LogP contribution in [0.3, 0.4) is 0 Å². The van der Waals surface area contributed by atoms with Crippen LogP contribution in [0.4, 0.5) is 13.2 Å². The van der Waals surface area contributed by atoms with Crippen LogP contribution >= 0.6 is 0 Å². The van der Waals surface area contributed by atoms with E-state index in [0.29, 0.717) is 6.54 Å². The van der Waals surface area contributed by atoms with Crippen molar-refractivity contribution in [2.75, 3.05) is 13.6 Å². The Labute approximate surface area is 97.5 Å². The van der Waals surface area contributed by atoms with Crippen molar-refractivity contribution in [3.8, 4) is 6.07 Å². The van der Waals surface area contributed by atoms with Gasteiger partial charge in [-0.15, -0.1) is 0 Å². The molecule has 0 aliphatic carbocycles. The molecule has 0 saturated heterocycles. The van der Waals surface area contributed by atoms with Gasteiger partial charge in [-0.3, -0.25) is 0 Å². The summed E-state index contributed by atoms with van der Waals surface area (Å²) >= 11 is 0. The average molecular weight is 243 g/mol. The lowest BCUT2D eigenvalue weighted by Gasteiger charge is -2.17. The first-order chi connectivity index (χ1) is 7.90. The van der Waals surface area contributed by atoms with Gasteiger partial charge in [0.05, 0.1) is 6.42 Å². The van der Waals surface area contributed by atoms with Crippen molar-refractivity contribution < 1.29 is 13.2 Å². The van der Waals surface area contributed by atoms with Gasteiger partial charge in [0, 0.05) is 19.3 Å². The predicted octanol–water partition coefficient (Wildman–Crippen LogP) is 2.34. The maximum atomic E-state index is 12.0. The van der Waals surface area contributed by atoms with Crippen molar-refractivity contribution in [2.24, 2.45) is 0 Å². The molecule has 0 atom stereocenters. The molecule has 0 unspecified atom stereocenters. The van der Waals surface area contributed by atoms with Crippen molar-refractivity contribution >= 4 is 0 Å². The largest absolute Gasteiger partial charge is 0.390 e. The Balaban J connectivity index is 2.51. The minimum atomic E-state index is -4.13. The highest BCUT2D eigenvalue weighted by Gasteiger charge is 2.26. The van der Waals surface area contributed by atoms with Crippen molar-refractivity contribution in [2.45, 2.75) is 19.1 Å². The molecule has 3 nitrogen and oxygen atoms in total. The van der Waals surface area contributed by atoms with Gasteiger partial charge in [0.2, 0.25) is 0 Å². The molecule has 0 aromatic carbocycles. The van der Waals surface area contributed by atoms with Crippen LogP contribution in [0, 0.1) is 11.3 Å². The summed E-state index contributed by atoms with van der Waals surface area (Å²) in [4.78, 5) is 5.35. The Kier molecular flexibility index (Phi) is 4.46. The van der Waals surface area contributed by atoms with E-state index in [-0.39, 0.29) is 12.2 Å². The van der Waals surface area contributed by atoms with Crippen LogP contribution < -0.4 is 0 Å². The fourth-order valence-corrected chi connectivity index (χ4v) is 1.34. The molecule has 92 valence electrons. The summed E-state index contributed by atoms with van der Waals surface area (Å²) < 4.78 is 36.0. The molecule has 0 saturated carbocycles. The van der Waals surface area contributed by atoms with Gasteiger partial charge in [0.25, 0.3) is 0 Å². The number of aromatic nitrogens is 1. The monoisotopic (exact) mass is 243 g/mol. The highest BCUT2D eigenvalue weighted by Crippen LogP contribution is 2.19. The Morgan fingerprint density at radius 3 is 2.76 bits per heavy atom. The zero-order valence-corrected chi connectivity index (χ0v) is 9.33. The Hall–Kier alpha value is -1.61. The van der Waals surface area contributed by atoms with Gasteiger partial charge in [-0.25, -0.2) is 4.98 Å². The molecule has 0 amide bonds. The van der Waals surface area contributed by atoms with Gasteiger partial charge in [-0.2, -0.15) is 18.4 Å². The van der Waals surface area contributed by atoms with E-state index < -0.39 is 12.6 Å².